The first-order valence-corrected chi connectivity index (χ1v) is 9.03. The monoisotopic (exact) mass is 380 g/mol. The number of hydrogen-bond donors (Lipinski definition) is 2. The summed E-state index contributed by atoms with van der Waals surface area (Å²) in [5.74, 6) is 0.166. The number of nitrogens with one attached hydrogen (secondary N) is 2. The Balaban J connectivity index is 1.69. The third-order valence-electron chi connectivity index (χ3n) is 4.23. The largest absolute Gasteiger partial charge is 0.348 e. The lowest BCUT2D eigenvalue weighted by Gasteiger charge is -2.14. The van der Waals surface area contributed by atoms with Gasteiger partial charge in [-0.15, -0.1) is 0 Å². The summed E-state index contributed by atoms with van der Waals surface area (Å²) >= 11 is 6.25. The Labute approximate surface area is 163 Å². The first-order valence-electron chi connectivity index (χ1n) is 8.65. The predicted molar refractivity (Wildman–Crippen MR) is 109 cm³/mol. The molecule has 1 atom stereocenters. The summed E-state index contributed by atoms with van der Waals surface area (Å²) in [4.78, 5) is 21.0. The van der Waals surface area contributed by atoms with Crippen LogP contribution in [0.3, 0.4) is 0 Å². The summed E-state index contributed by atoms with van der Waals surface area (Å²) in [6.45, 7) is 5.89. The average Bonchev–Trinajstić information content (AvgIpc) is 2.65. The second kappa shape index (κ2) is 8.18. The lowest BCUT2D eigenvalue weighted by molar-refractivity contribution is 0.102. The van der Waals surface area contributed by atoms with Crippen LogP contribution in [0.5, 0.6) is 0 Å². The number of aryl methyl sites for hydroxylation is 2. The molecule has 2 aromatic carbocycles. The Kier molecular flexibility index (Phi) is 5.72. The third kappa shape index (κ3) is 4.63. The topological polar surface area (TPSA) is 66.9 Å². The molecule has 5 nitrogen and oxygen atoms in total. The Morgan fingerprint density at radius 1 is 1.07 bits per heavy atom. The lowest BCUT2D eigenvalue weighted by Crippen LogP contribution is -2.15. The number of benzene rings is 2. The quantitative estimate of drug-likeness (QED) is 0.640. The minimum absolute atomic E-state index is 0.0555. The van der Waals surface area contributed by atoms with Gasteiger partial charge in [-0.05, 0) is 43.5 Å². The molecular weight excluding hydrogens is 360 g/mol. The van der Waals surface area contributed by atoms with Gasteiger partial charge in [0.25, 0.3) is 5.91 Å². The van der Waals surface area contributed by atoms with Gasteiger partial charge in [-0.3, -0.25) is 4.79 Å². The Morgan fingerprint density at radius 2 is 1.74 bits per heavy atom. The first kappa shape index (κ1) is 18.9. The van der Waals surface area contributed by atoms with Gasteiger partial charge in [-0.2, -0.15) is 0 Å². The lowest BCUT2D eigenvalue weighted by atomic mass is 10.1. The molecule has 138 valence electrons. The predicted octanol–water partition coefficient (Wildman–Crippen LogP) is 5.17. The summed E-state index contributed by atoms with van der Waals surface area (Å²) < 4.78 is 0. The molecule has 1 aromatic heterocycles. The molecule has 0 aliphatic heterocycles. The van der Waals surface area contributed by atoms with E-state index in [-0.39, 0.29) is 11.9 Å². The minimum Gasteiger partial charge on any atom is -0.348 e. The van der Waals surface area contributed by atoms with Crippen molar-refractivity contribution < 1.29 is 4.79 Å². The van der Waals surface area contributed by atoms with Crippen LogP contribution in [0.15, 0.2) is 54.9 Å². The van der Waals surface area contributed by atoms with Crippen LogP contribution >= 0.6 is 11.6 Å². The molecule has 3 aromatic rings. The molecule has 0 bridgehead atoms. The number of anilines is 2. The van der Waals surface area contributed by atoms with E-state index in [0.29, 0.717) is 22.2 Å². The van der Waals surface area contributed by atoms with Crippen molar-refractivity contribution in [1.29, 1.82) is 0 Å². The van der Waals surface area contributed by atoms with Crippen LogP contribution in [0.25, 0.3) is 0 Å². The number of rotatable bonds is 5. The highest BCUT2D eigenvalue weighted by molar-refractivity contribution is 6.34. The smallest absolute Gasteiger partial charge is 0.258 e. The maximum atomic E-state index is 12.5. The van der Waals surface area contributed by atoms with E-state index in [4.69, 9.17) is 11.6 Å². The zero-order chi connectivity index (χ0) is 19.4. The van der Waals surface area contributed by atoms with Crippen molar-refractivity contribution in [2.45, 2.75) is 26.8 Å². The van der Waals surface area contributed by atoms with Gasteiger partial charge in [0.2, 0.25) is 5.95 Å². The van der Waals surface area contributed by atoms with Gasteiger partial charge in [0.1, 0.15) is 0 Å². The van der Waals surface area contributed by atoms with Crippen molar-refractivity contribution in [1.82, 2.24) is 9.97 Å². The van der Waals surface area contributed by atoms with Crippen molar-refractivity contribution in [3.8, 4) is 0 Å². The van der Waals surface area contributed by atoms with Crippen LogP contribution < -0.4 is 10.6 Å². The van der Waals surface area contributed by atoms with Gasteiger partial charge in [-0.1, -0.05) is 48.0 Å². The highest BCUT2D eigenvalue weighted by Gasteiger charge is 2.13. The molecule has 0 fully saturated rings. The molecule has 6 heteroatoms. The van der Waals surface area contributed by atoms with E-state index in [0.717, 1.165) is 16.7 Å². The van der Waals surface area contributed by atoms with E-state index in [9.17, 15) is 4.79 Å². The van der Waals surface area contributed by atoms with E-state index >= 15 is 0 Å². The second-order valence-corrected chi connectivity index (χ2v) is 6.87. The summed E-state index contributed by atoms with van der Waals surface area (Å²) in [5, 5.41) is 6.57. The molecule has 0 aliphatic rings. The standard InChI is InChI=1S/C21H21ClN4O/c1-13-9-14(2)19(18(22)10-13)26-20(27)17-11-23-21(24-12-17)25-15(3)16-7-5-4-6-8-16/h4-12,15H,1-3H3,(H,26,27)(H,23,24,25). The molecule has 1 heterocycles. The molecule has 0 saturated heterocycles. The molecule has 0 saturated carbocycles. The summed E-state index contributed by atoms with van der Waals surface area (Å²) in [5.41, 5.74) is 4.05. The number of hydrogen-bond acceptors (Lipinski definition) is 4. The number of nitrogens with zero attached hydrogens (tertiary/aromatic N) is 2. The van der Waals surface area contributed by atoms with Crippen molar-refractivity contribution in [2.24, 2.45) is 0 Å². The molecule has 1 unspecified atom stereocenters. The second-order valence-electron chi connectivity index (χ2n) is 6.46. The van der Waals surface area contributed by atoms with Gasteiger partial charge in [0.15, 0.2) is 0 Å². The van der Waals surface area contributed by atoms with E-state index in [1.807, 2.05) is 63.2 Å². The SMILES string of the molecule is Cc1cc(C)c(NC(=O)c2cnc(NC(C)c3ccccc3)nc2)c(Cl)c1. The zero-order valence-corrected chi connectivity index (χ0v) is 16.2. The zero-order valence-electron chi connectivity index (χ0n) is 15.5. The maximum absolute atomic E-state index is 12.5. The van der Waals surface area contributed by atoms with E-state index in [1.165, 1.54) is 12.4 Å². The molecular formula is C21H21ClN4O. The molecule has 1 amide bonds. The molecule has 3 rings (SSSR count). The van der Waals surface area contributed by atoms with Crippen molar-refractivity contribution in [3.05, 3.63) is 82.1 Å². The number of carbonyl (C=O) groups is 1. The van der Waals surface area contributed by atoms with Gasteiger partial charge in [-0.25, -0.2) is 9.97 Å². The van der Waals surface area contributed by atoms with Crippen LogP contribution in [-0.4, -0.2) is 15.9 Å². The fourth-order valence-electron chi connectivity index (χ4n) is 2.80. The van der Waals surface area contributed by atoms with Crippen LogP contribution in [0.2, 0.25) is 5.02 Å². The van der Waals surface area contributed by atoms with E-state index < -0.39 is 0 Å². The molecule has 27 heavy (non-hydrogen) atoms. The normalized spacial score (nSPS) is 11.7. The van der Waals surface area contributed by atoms with Crippen molar-refractivity contribution in [2.75, 3.05) is 10.6 Å². The highest BCUT2D eigenvalue weighted by Crippen LogP contribution is 2.27. The summed E-state index contributed by atoms with van der Waals surface area (Å²) in [6, 6.07) is 13.9. The number of halogens is 1. The minimum atomic E-state index is -0.300. The summed E-state index contributed by atoms with van der Waals surface area (Å²) in [6.07, 6.45) is 3.00. The first-order chi connectivity index (χ1) is 12.9. The van der Waals surface area contributed by atoms with Crippen LogP contribution in [-0.2, 0) is 0 Å². The number of aromatic nitrogens is 2. The number of amides is 1. The van der Waals surface area contributed by atoms with Gasteiger partial charge < -0.3 is 10.6 Å². The van der Waals surface area contributed by atoms with Crippen LogP contribution in [0, 0.1) is 13.8 Å². The fraction of sp³-hybridized carbons (Fsp3) is 0.190. The van der Waals surface area contributed by atoms with Crippen LogP contribution in [0.1, 0.15) is 40.0 Å². The molecule has 0 spiro atoms. The van der Waals surface area contributed by atoms with Gasteiger partial charge in [0, 0.05) is 12.4 Å². The average molecular weight is 381 g/mol. The van der Waals surface area contributed by atoms with Crippen molar-refractivity contribution >= 4 is 29.1 Å². The maximum Gasteiger partial charge on any atom is 0.258 e. The van der Waals surface area contributed by atoms with Crippen molar-refractivity contribution in [3.63, 3.8) is 0 Å². The highest BCUT2D eigenvalue weighted by atomic mass is 35.5. The Bertz CT molecular complexity index is 919. The molecule has 2 N–H and O–H groups in total. The molecule has 0 aliphatic carbocycles. The summed E-state index contributed by atoms with van der Waals surface area (Å²) in [7, 11) is 0. The number of carbonyl (C=O) groups excluding carboxylic acids is 1. The Hall–Kier alpha value is -2.92. The molecule has 0 radical (unpaired) electrons. The van der Waals surface area contributed by atoms with Crippen LogP contribution in [0.4, 0.5) is 11.6 Å². The third-order valence-corrected chi connectivity index (χ3v) is 4.53. The van der Waals surface area contributed by atoms with E-state index in [1.54, 1.807) is 0 Å². The van der Waals surface area contributed by atoms with E-state index in [2.05, 4.69) is 20.6 Å². The fourth-order valence-corrected chi connectivity index (χ4v) is 3.17. The Morgan fingerprint density at radius 3 is 2.37 bits per heavy atom. The van der Waals surface area contributed by atoms with Gasteiger partial charge >= 0.3 is 0 Å². The van der Waals surface area contributed by atoms with Gasteiger partial charge in [0.05, 0.1) is 22.3 Å².